The molecular weight excluding hydrogens is 242 g/mol. The minimum atomic E-state index is -0.724. The van der Waals surface area contributed by atoms with Crippen molar-refractivity contribution in [1.82, 2.24) is 9.97 Å². The Kier molecular flexibility index (Phi) is 3.15. The first kappa shape index (κ1) is 12.1. The van der Waals surface area contributed by atoms with E-state index < -0.39 is 12.1 Å². The molecule has 3 atom stereocenters. The molecule has 3 unspecified atom stereocenters. The molecule has 19 heavy (non-hydrogen) atoms. The molecule has 2 heterocycles. The van der Waals surface area contributed by atoms with Gasteiger partial charge in [-0.1, -0.05) is 18.2 Å². The summed E-state index contributed by atoms with van der Waals surface area (Å²) in [5, 5.41) is 10.2. The number of ether oxygens (including phenoxy) is 1. The molecule has 0 fully saturated rings. The second kappa shape index (κ2) is 4.95. The highest BCUT2D eigenvalue weighted by Crippen LogP contribution is 2.37. The third-order valence-corrected chi connectivity index (χ3v) is 3.31. The molecule has 0 saturated carbocycles. The monoisotopic (exact) mass is 257 g/mol. The smallest absolute Gasteiger partial charge is 0.144 e. The van der Waals surface area contributed by atoms with E-state index in [-0.39, 0.29) is 6.10 Å². The van der Waals surface area contributed by atoms with Crippen LogP contribution in [0.15, 0.2) is 42.9 Å². The Bertz CT molecular complexity index is 562. The summed E-state index contributed by atoms with van der Waals surface area (Å²) < 4.78 is 5.94. The lowest BCUT2D eigenvalue weighted by Gasteiger charge is -2.18. The Hall–Kier alpha value is -1.98. The summed E-state index contributed by atoms with van der Waals surface area (Å²) in [5.41, 5.74) is 7.49. The number of fused-ring (bicyclic) bond motifs is 1. The first-order chi connectivity index (χ1) is 9.25. The van der Waals surface area contributed by atoms with Crippen LogP contribution in [-0.4, -0.2) is 21.1 Å². The quantitative estimate of drug-likeness (QED) is 0.806. The number of hydrogen-bond acceptors (Lipinski definition) is 5. The SMILES string of the molecule is NC1CC(c2cnccn2)Oc2ccccc2C1O. The van der Waals surface area contributed by atoms with Gasteiger partial charge in [-0.25, -0.2) is 0 Å². The molecule has 1 aliphatic heterocycles. The summed E-state index contributed by atoms with van der Waals surface area (Å²) >= 11 is 0. The average Bonchev–Trinajstić information content (AvgIpc) is 2.58. The number of aliphatic hydroxyl groups excluding tert-OH is 1. The molecule has 1 aliphatic rings. The van der Waals surface area contributed by atoms with E-state index in [1.54, 1.807) is 18.6 Å². The molecule has 0 aliphatic carbocycles. The summed E-state index contributed by atoms with van der Waals surface area (Å²) in [5.74, 6) is 0.651. The number of para-hydroxylation sites is 1. The molecule has 0 saturated heterocycles. The highest BCUT2D eigenvalue weighted by atomic mass is 16.5. The molecule has 5 nitrogen and oxygen atoms in total. The molecule has 1 aromatic carbocycles. The molecule has 3 rings (SSSR count). The maximum absolute atomic E-state index is 10.2. The van der Waals surface area contributed by atoms with Crippen LogP contribution in [0.3, 0.4) is 0 Å². The summed E-state index contributed by atoms with van der Waals surface area (Å²) in [6.45, 7) is 0. The maximum Gasteiger partial charge on any atom is 0.144 e. The number of aliphatic hydroxyl groups is 1. The Balaban J connectivity index is 1.99. The number of nitrogens with zero attached hydrogens (tertiary/aromatic N) is 2. The first-order valence-corrected chi connectivity index (χ1v) is 6.21. The topological polar surface area (TPSA) is 81.3 Å². The average molecular weight is 257 g/mol. The zero-order valence-corrected chi connectivity index (χ0v) is 10.3. The minimum absolute atomic E-state index is 0.290. The van der Waals surface area contributed by atoms with E-state index in [1.165, 1.54) is 0 Å². The first-order valence-electron chi connectivity index (χ1n) is 6.21. The van der Waals surface area contributed by atoms with Crippen LogP contribution >= 0.6 is 0 Å². The van der Waals surface area contributed by atoms with Gasteiger partial charge in [0, 0.05) is 30.4 Å². The fourth-order valence-electron chi connectivity index (χ4n) is 2.30. The van der Waals surface area contributed by atoms with Gasteiger partial charge in [-0.3, -0.25) is 9.97 Å². The van der Waals surface area contributed by atoms with E-state index >= 15 is 0 Å². The molecule has 2 aromatic rings. The number of rotatable bonds is 1. The lowest BCUT2D eigenvalue weighted by Crippen LogP contribution is -2.29. The van der Waals surface area contributed by atoms with Crippen LogP contribution in [0.5, 0.6) is 5.75 Å². The van der Waals surface area contributed by atoms with Crippen molar-refractivity contribution >= 4 is 0 Å². The van der Waals surface area contributed by atoms with Crippen molar-refractivity contribution in [2.24, 2.45) is 5.73 Å². The van der Waals surface area contributed by atoms with Crippen molar-refractivity contribution in [3.8, 4) is 5.75 Å². The summed E-state index contributed by atoms with van der Waals surface area (Å²) in [6, 6.07) is 7.01. The van der Waals surface area contributed by atoms with E-state index in [2.05, 4.69) is 9.97 Å². The summed E-state index contributed by atoms with van der Waals surface area (Å²) in [7, 11) is 0. The minimum Gasteiger partial charge on any atom is -0.484 e. The third kappa shape index (κ3) is 2.30. The van der Waals surface area contributed by atoms with E-state index in [4.69, 9.17) is 10.5 Å². The van der Waals surface area contributed by atoms with Crippen LogP contribution in [0.2, 0.25) is 0 Å². The molecule has 5 heteroatoms. The largest absolute Gasteiger partial charge is 0.484 e. The van der Waals surface area contributed by atoms with Gasteiger partial charge in [0.25, 0.3) is 0 Å². The van der Waals surface area contributed by atoms with Crippen LogP contribution in [0, 0.1) is 0 Å². The molecule has 3 N–H and O–H groups in total. The molecule has 1 aromatic heterocycles. The van der Waals surface area contributed by atoms with Crippen LogP contribution in [0.25, 0.3) is 0 Å². The predicted molar refractivity (Wildman–Crippen MR) is 69.4 cm³/mol. The van der Waals surface area contributed by atoms with Crippen molar-refractivity contribution in [3.05, 3.63) is 54.1 Å². The lowest BCUT2D eigenvalue weighted by atomic mass is 9.98. The van der Waals surface area contributed by atoms with E-state index in [9.17, 15) is 5.11 Å². The van der Waals surface area contributed by atoms with Gasteiger partial charge in [0.05, 0.1) is 18.0 Å². The van der Waals surface area contributed by atoms with Crippen LogP contribution in [0.1, 0.15) is 29.9 Å². The molecular formula is C14H15N3O2. The van der Waals surface area contributed by atoms with Gasteiger partial charge in [-0.2, -0.15) is 0 Å². The highest BCUT2D eigenvalue weighted by molar-refractivity contribution is 5.37. The van der Waals surface area contributed by atoms with Crippen molar-refractivity contribution < 1.29 is 9.84 Å². The van der Waals surface area contributed by atoms with Crippen LogP contribution < -0.4 is 10.5 Å². The number of hydrogen-bond donors (Lipinski definition) is 2. The fraction of sp³-hybridized carbons (Fsp3) is 0.286. The Morgan fingerprint density at radius 2 is 2.11 bits per heavy atom. The zero-order valence-electron chi connectivity index (χ0n) is 10.3. The summed E-state index contributed by atoms with van der Waals surface area (Å²) in [4.78, 5) is 8.30. The van der Waals surface area contributed by atoms with Gasteiger partial charge in [0.15, 0.2) is 0 Å². The lowest BCUT2D eigenvalue weighted by molar-refractivity contribution is 0.130. The van der Waals surface area contributed by atoms with Gasteiger partial charge in [0.1, 0.15) is 11.9 Å². The van der Waals surface area contributed by atoms with Crippen molar-refractivity contribution in [2.75, 3.05) is 0 Å². The van der Waals surface area contributed by atoms with E-state index in [0.717, 1.165) is 11.3 Å². The van der Waals surface area contributed by atoms with Crippen molar-refractivity contribution in [2.45, 2.75) is 24.7 Å². The highest BCUT2D eigenvalue weighted by Gasteiger charge is 2.30. The van der Waals surface area contributed by atoms with Gasteiger partial charge < -0.3 is 15.6 Å². The van der Waals surface area contributed by atoms with Gasteiger partial charge in [-0.15, -0.1) is 0 Å². The molecule has 0 radical (unpaired) electrons. The Morgan fingerprint density at radius 3 is 2.89 bits per heavy atom. The van der Waals surface area contributed by atoms with Gasteiger partial charge in [-0.05, 0) is 6.07 Å². The second-order valence-electron chi connectivity index (χ2n) is 4.62. The third-order valence-electron chi connectivity index (χ3n) is 3.31. The maximum atomic E-state index is 10.2. The fourth-order valence-corrected chi connectivity index (χ4v) is 2.30. The van der Waals surface area contributed by atoms with Crippen molar-refractivity contribution in [1.29, 1.82) is 0 Å². The second-order valence-corrected chi connectivity index (χ2v) is 4.62. The van der Waals surface area contributed by atoms with E-state index in [1.807, 2.05) is 24.3 Å². The normalized spacial score (nSPS) is 26.1. The van der Waals surface area contributed by atoms with Gasteiger partial charge in [0.2, 0.25) is 0 Å². The Labute approximate surface area is 111 Å². The number of nitrogens with two attached hydrogens (primary N) is 1. The zero-order chi connectivity index (χ0) is 13.2. The number of aromatic nitrogens is 2. The number of benzene rings is 1. The molecule has 0 amide bonds. The van der Waals surface area contributed by atoms with Crippen molar-refractivity contribution in [3.63, 3.8) is 0 Å². The molecule has 98 valence electrons. The Morgan fingerprint density at radius 1 is 1.26 bits per heavy atom. The molecule has 0 bridgehead atoms. The van der Waals surface area contributed by atoms with Gasteiger partial charge >= 0.3 is 0 Å². The van der Waals surface area contributed by atoms with Crippen LogP contribution in [-0.2, 0) is 0 Å². The van der Waals surface area contributed by atoms with Crippen LogP contribution in [0.4, 0.5) is 0 Å². The molecule has 0 spiro atoms. The summed E-state index contributed by atoms with van der Waals surface area (Å²) in [6.07, 6.45) is 4.38. The predicted octanol–water partition coefficient (Wildman–Crippen LogP) is 1.36. The standard InChI is InChI=1S/C14H15N3O2/c15-10-7-13(11-8-16-5-6-17-11)19-12-4-2-1-3-9(12)14(10)18/h1-6,8,10,13-14,18H,7,15H2. The van der Waals surface area contributed by atoms with E-state index in [0.29, 0.717) is 12.2 Å².